The fraction of sp³-hybridized carbons (Fsp3) is 0.667. The quantitative estimate of drug-likeness (QED) is 0.0484. The van der Waals surface area contributed by atoms with Crippen molar-refractivity contribution in [2.45, 2.75) is 30.5 Å². The average molecular weight is 1410 g/mol. The molecule has 0 amide bonds. The van der Waals surface area contributed by atoms with Crippen LogP contribution < -0.4 is 0 Å². The number of rotatable bonds is 24. The number of hydrogen-bond acceptors (Lipinski definition) is 14. The Kier molecular flexibility index (Phi) is 61.9. The summed E-state index contributed by atoms with van der Waals surface area (Å²) in [6.07, 6.45) is -1.67. The van der Waals surface area contributed by atoms with Crippen LogP contribution in [0.2, 0.25) is 0 Å². The molecule has 0 aromatic heterocycles. The molecule has 0 spiro atoms. The van der Waals surface area contributed by atoms with Crippen LogP contribution in [-0.4, -0.2) is 142 Å². The van der Waals surface area contributed by atoms with E-state index in [1.807, 2.05) is 0 Å². The van der Waals surface area contributed by atoms with Gasteiger partial charge in [-0.15, -0.1) is 6.58 Å². The summed E-state index contributed by atoms with van der Waals surface area (Å²) in [6, 6.07) is 0. The number of nitrogens with zero attached hydrogens (tertiary/aromatic N) is 1. The van der Waals surface area contributed by atoms with Gasteiger partial charge < -0.3 is 73.0 Å². The van der Waals surface area contributed by atoms with E-state index in [9.17, 15) is 10.2 Å². The Morgan fingerprint density at radius 3 is 1.07 bits per heavy atom. The van der Waals surface area contributed by atoms with Crippen molar-refractivity contribution in [3.63, 3.8) is 0 Å². The summed E-state index contributed by atoms with van der Waals surface area (Å²) in [5.74, 6) is 0. The van der Waals surface area contributed by atoms with E-state index in [1.165, 1.54) is 0 Å². The van der Waals surface area contributed by atoms with Gasteiger partial charge >= 0.3 is 0 Å². The third-order valence-corrected chi connectivity index (χ3v) is 3.69. The summed E-state index contributed by atoms with van der Waals surface area (Å²) in [4.78, 5) is 3.10. The first-order chi connectivity index (χ1) is 20.1. The molecular formula is C27H51NO14Rf3-6. The first kappa shape index (κ1) is 56.5. The van der Waals surface area contributed by atoms with Crippen LogP contribution in [-0.2, 0) is 42.6 Å². The summed E-state index contributed by atoms with van der Waals surface area (Å²) in [7, 11) is 18.5. The average Bonchev–Trinajstić information content (AvgIpc) is 2.93. The Bertz CT molecular complexity index is 531. The molecule has 0 aromatic rings. The Balaban J connectivity index is -0.0000000876. The zero-order chi connectivity index (χ0) is 32.9. The Morgan fingerprint density at radius 2 is 0.778 bits per heavy atom. The van der Waals surface area contributed by atoms with E-state index in [2.05, 4.69) is 82.5 Å². The normalized spacial score (nSPS) is 11.7. The minimum absolute atomic E-state index is 0. The summed E-state index contributed by atoms with van der Waals surface area (Å²) in [5, 5.41) is 44.9. The third-order valence-electron chi connectivity index (χ3n) is 3.69. The molecule has 0 saturated heterocycles. The van der Waals surface area contributed by atoms with Gasteiger partial charge in [0, 0.05) is 39.6 Å². The van der Waals surface area contributed by atoms with Crippen LogP contribution in [0.25, 0.3) is 4.85 Å². The van der Waals surface area contributed by atoms with Crippen LogP contribution in [0.1, 0.15) is 0 Å². The molecule has 0 fully saturated rings. The molecule has 0 rings (SSSR count). The van der Waals surface area contributed by atoms with Gasteiger partial charge in [0.05, 0.1) is 57.5 Å². The van der Waals surface area contributed by atoms with Crippen LogP contribution in [0.3, 0.4) is 0 Å². The molecule has 15 nitrogen and oxygen atoms in total. The second-order valence-electron chi connectivity index (χ2n) is 7.81. The van der Waals surface area contributed by atoms with Crippen molar-refractivity contribution < 1.29 is 68.2 Å². The molecule has 0 aliphatic carbocycles. The maximum absolute atomic E-state index is 9.34. The van der Waals surface area contributed by atoms with Crippen LogP contribution >= 0.6 is 0 Å². The Labute approximate surface area is 251 Å². The van der Waals surface area contributed by atoms with Gasteiger partial charge in [-0.3, -0.25) is 0 Å². The zero-order valence-electron chi connectivity index (χ0n) is 26.6. The maximum atomic E-state index is 9.34. The molecule has 260 valence electrons. The molecule has 0 radical (unpaired) electrons. The van der Waals surface area contributed by atoms with E-state index in [0.29, 0.717) is 13.2 Å². The van der Waals surface area contributed by atoms with Gasteiger partial charge in [-0.2, -0.15) is 0 Å². The van der Waals surface area contributed by atoms with Gasteiger partial charge in [0.1, 0.15) is 12.7 Å². The van der Waals surface area contributed by atoms with Gasteiger partial charge in [-0.1, -0.05) is 6.08 Å². The SMILES string of the molecule is C=CCOCC(O)CO[CH2-].[C-]#[N+]CCOCC(O)COCC(O)CO[CH2-].[CH2-]OCC(O)CO[CH2-].[CH2-]OCC(O)CO[CH2-].[Rf].[Rf].[Rf]. The number of aliphatic hydroxyl groups excluding tert-OH is 5. The smallest absolute Gasteiger partial charge is 0.237 e. The van der Waals surface area contributed by atoms with Crippen molar-refractivity contribution in [2.24, 2.45) is 0 Å². The van der Waals surface area contributed by atoms with Gasteiger partial charge in [0.25, 0.3) is 0 Å². The molecule has 0 saturated carbocycles. The molecule has 45 heavy (non-hydrogen) atoms. The molecule has 5 N–H and O–H groups in total. The van der Waals surface area contributed by atoms with Crippen molar-refractivity contribution in [2.75, 3.05) is 85.8 Å². The van der Waals surface area contributed by atoms with E-state index in [0.717, 1.165) is 0 Å². The number of aliphatic hydroxyl groups is 5. The molecule has 0 aliphatic rings. The van der Waals surface area contributed by atoms with Crippen molar-refractivity contribution in [1.29, 1.82) is 0 Å². The zero-order valence-corrected chi connectivity index (χ0v) is 45.8. The Hall–Kier alpha value is -4.33. The van der Waals surface area contributed by atoms with Crippen LogP contribution in [0.4, 0.5) is 0 Å². The van der Waals surface area contributed by atoms with Crippen molar-refractivity contribution in [3.05, 3.63) is 66.7 Å². The predicted octanol–water partition coefficient (Wildman–Crippen LogP) is -0.246. The van der Waals surface area contributed by atoms with E-state index >= 15 is 0 Å². The molecule has 0 aliphatic heterocycles. The Morgan fingerprint density at radius 1 is 0.511 bits per heavy atom. The van der Waals surface area contributed by atoms with Crippen LogP contribution in [0.15, 0.2) is 12.7 Å². The second kappa shape index (κ2) is 49.4. The molecule has 3 unspecified atom stereocenters. The first-order valence-corrected chi connectivity index (χ1v) is 12.4. The van der Waals surface area contributed by atoms with E-state index in [1.54, 1.807) is 6.08 Å². The number of hydrogen-bond donors (Lipinski definition) is 5. The standard InChI is InChI=1S/C10H18NO5.C7H13O3.2C5H10O3.3Rf/c1-11-3-4-15-6-10(13)8-16-7-9(12)5-14-2;1-3-4-10-6-7(8)5-9-2;2*1-7-3-5(6)4-8-2;;;/h9-10,12-13H,2-8H2;3,7-8H,1-2,4-6H2;2*5-6H,1-4H2;;;/q2*-1;2*-2;;;. The molecule has 0 heterocycles. The molecular weight excluding hydrogens is 1360 g/mol. The fourth-order valence-electron chi connectivity index (χ4n) is 2.01. The van der Waals surface area contributed by atoms with Gasteiger partial charge in [0.15, 0.2) is 0 Å². The summed E-state index contributed by atoms with van der Waals surface area (Å²) >= 11 is 0. The van der Waals surface area contributed by atoms with Crippen LogP contribution in [0, 0.1) is 49.2 Å². The molecule has 18 heteroatoms. The predicted molar refractivity (Wildman–Crippen MR) is 152 cm³/mol. The van der Waals surface area contributed by atoms with Crippen LogP contribution in [0.5, 0.6) is 0 Å². The molecule has 0 aromatic carbocycles. The maximum Gasteiger partial charge on any atom is 0.237 e. The van der Waals surface area contributed by atoms with Crippen molar-refractivity contribution in [3.8, 4) is 0 Å². The minimum atomic E-state index is -0.751. The van der Waals surface area contributed by atoms with Gasteiger partial charge in [-0.25, -0.2) is 49.2 Å². The topological polar surface area (TPSA) is 189 Å². The minimum Gasteiger partial charge on any atom is -0.553 e. The second-order valence-corrected chi connectivity index (χ2v) is 7.81. The molecule has 0 bridgehead atoms. The largest absolute Gasteiger partial charge is 0.553 e. The molecule has 3 atom stereocenters. The van der Waals surface area contributed by atoms with Gasteiger partial charge in [-0.05, 0) is 0 Å². The van der Waals surface area contributed by atoms with E-state index in [4.69, 9.17) is 36.1 Å². The third kappa shape index (κ3) is 59.8. The monoisotopic (exact) mass is 1410 g/mol. The summed E-state index contributed by atoms with van der Waals surface area (Å²) in [5.41, 5.74) is 0. The van der Waals surface area contributed by atoms with E-state index in [-0.39, 0.29) is 72.6 Å². The van der Waals surface area contributed by atoms with Crippen molar-refractivity contribution >= 4 is 0 Å². The fourth-order valence-corrected chi connectivity index (χ4v) is 2.01. The van der Waals surface area contributed by atoms with E-state index < -0.39 is 30.5 Å². The first-order valence-electron chi connectivity index (χ1n) is 12.4. The van der Waals surface area contributed by atoms with Gasteiger partial charge in [0.2, 0.25) is 6.54 Å². The summed E-state index contributed by atoms with van der Waals surface area (Å²) < 4.78 is 41.2. The summed E-state index contributed by atoms with van der Waals surface area (Å²) in [6.45, 7) is 12.6. The van der Waals surface area contributed by atoms with Crippen molar-refractivity contribution in [1.82, 2.24) is 0 Å². The number of ether oxygens (including phenoxy) is 9.